The molecule has 1 aromatic carbocycles. The van der Waals surface area contributed by atoms with Crippen molar-refractivity contribution in [1.82, 2.24) is 5.32 Å². The number of guanidine groups is 1. The van der Waals surface area contributed by atoms with Crippen molar-refractivity contribution < 1.29 is 4.74 Å². The molecule has 0 atom stereocenters. The maximum absolute atomic E-state index is 5.80. The number of nitrogens with two attached hydrogens (primary N) is 1. The number of methoxy groups -OCH3 is 1. The number of benzene rings is 1. The Labute approximate surface area is 140 Å². The highest BCUT2D eigenvalue weighted by Gasteiger charge is 2.09. The summed E-state index contributed by atoms with van der Waals surface area (Å²) in [4.78, 5) is 4.30. The zero-order valence-electron chi connectivity index (χ0n) is 11.7. The Morgan fingerprint density at radius 1 is 1.42 bits per heavy atom. The highest BCUT2D eigenvalue weighted by atomic mass is 127. The molecule has 6 heteroatoms. The van der Waals surface area contributed by atoms with Crippen molar-refractivity contribution in [2.75, 3.05) is 7.11 Å². The summed E-state index contributed by atoms with van der Waals surface area (Å²) in [5.74, 6) is 1.26. The van der Waals surface area contributed by atoms with Gasteiger partial charge in [0.05, 0.1) is 18.1 Å². The quantitative estimate of drug-likeness (QED) is 0.430. The van der Waals surface area contributed by atoms with Crippen LogP contribution in [0.4, 0.5) is 0 Å². The van der Waals surface area contributed by atoms with Gasteiger partial charge >= 0.3 is 0 Å². The predicted molar refractivity (Wildman–Crippen MR) is 94.3 cm³/mol. The van der Waals surface area contributed by atoms with Crippen molar-refractivity contribution in [3.8, 4) is 5.75 Å². The zero-order valence-corrected chi connectivity index (χ0v) is 15.6. The van der Waals surface area contributed by atoms with E-state index < -0.39 is 0 Å². The van der Waals surface area contributed by atoms with Gasteiger partial charge in [-0.2, -0.15) is 0 Å². The molecule has 108 valence electrons. The minimum absolute atomic E-state index is 0. The van der Waals surface area contributed by atoms with Crippen LogP contribution in [0.3, 0.4) is 0 Å². The first-order valence-corrected chi connectivity index (χ1v) is 6.51. The van der Waals surface area contributed by atoms with E-state index in [-0.39, 0.29) is 29.5 Å². The Hall–Kier alpha value is -0.500. The lowest BCUT2D eigenvalue weighted by Gasteiger charge is -2.21. The van der Waals surface area contributed by atoms with Crippen LogP contribution in [0, 0.1) is 0 Å². The smallest absolute Gasteiger partial charge is 0.189 e. The average Bonchev–Trinajstić information content (AvgIpc) is 2.24. The van der Waals surface area contributed by atoms with Gasteiger partial charge in [0.1, 0.15) is 5.75 Å². The molecule has 0 radical (unpaired) electrons. The maximum Gasteiger partial charge on any atom is 0.189 e. The number of nitrogens with one attached hydrogen (secondary N) is 1. The maximum atomic E-state index is 5.80. The van der Waals surface area contributed by atoms with E-state index in [9.17, 15) is 0 Å². The molecule has 0 saturated carbocycles. The van der Waals surface area contributed by atoms with Crippen molar-refractivity contribution >= 4 is 45.9 Å². The van der Waals surface area contributed by atoms with E-state index in [4.69, 9.17) is 10.5 Å². The molecule has 19 heavy (non-hydrogen) atoms. The fraction of sp³-hybridized carbons (Fsp3) is 0.462. The summed E-state index contributed by atoms with van der Waals surface area (Å²) in [7, 11) is 1.64. The predicted octanol–water partition coefficient (Wildman–Crippen LogP) is 3.28. The Balaban J connectivity index is 0.00000324. The van der Waals surface area contributed by atoms with Gasteiger partial charge in [0.25, 0.3) is 0 Å². The zero-order chi connectivity index (χ0) is 13.8. The van der Waals surface area contributed by atoms with Gasteiger partial charge in [-0.15, -0.1) is 24.0 Å². The van der Waals surface area contributed by atoms with Crippen LogP contribution in [0.15, 0.2) is 27.7 Å². The van der Waals surface area contributed by atoms with E-state index in [0.29, 0.717) is 12.5 Å². The third-order valence-corrected chi connectivity index (χ3v) is 2.77. The van der Waals surface area contributed by atoms with Gasteiger partial charge in [-0.25, -0.2) is 4.99 Å². The van der Waals surface area contributed by atoms with E-state index >= 15 is 0 Å². The van der Waals surface area contributed by atoms with Crippen molar-refractivity contribution in [3.63, 3.8) is 0 Å². The molecule has 0 aliphatic heterocycles. The van der Waals surface area contributed by atoms with Crippen LogP contribution < -0.4 is 15.8 Å². The lowest BCUT2D eigenvalue weighted by atomic mass is 10.1. The minimum Gasteiger partial charge on any atom is -0.496 e. The standard InChI is InChI=1S/C13H20BrN3O.HI/c1-13(2,3)17-12(15)16-8-9-5-6-11(18-4)10(14)7-9;/h5-7H,8H2,1-4H3,(H3,15,16,17);1H. The number of ether oxygens (including phenoxy) is 1. The second kappa shape index (κ2) is 7.94. The van der Waals surface area contributed by atoms with Gasteiger partial charge in [0.15, 0.2) is 5.96 Å². The second-order valence-corrected chi connectivity index (χ2v) is 5.90. The molecule has 0 fully saturated rings. The number of halogens is 2. The van der Waals surface area contributed by atoms with Crippen LogP contribution in [0.2, 0.25) is 0 Å². The summed E-state index contributed by atoms with van der Waals surface area (Å²) in [5.41, 5.74) is 6.80. The van der Waals surface area contributed by atoms with Crippen LogP contribution in [0.1, 0.15) is 26.3 Å². The lowest BCUT2D eigenvalue weighted by molar-refractivity contribution is 0.412. The normalized spacial score (nSPS) is 11.7. The van der Waals surface area contributed by atoms with Crippen LogP contribution in [0.5, 0.6) is 5.75 Å². The van der Waals surface area contributed by atoms with Crippen molar-refractivity contribution in [2.24, 2.45) is 10.7 Å². The van der Waals surface area contributed by atoms with Crippen molar-refractivity contribution in [3.05, 3.63) is 28.2 Å². The summed E-state index contributed by atoms with van der Waals surface area (Å²) in [6.45, 7) is 6.66. The monoisotopic (exact) mass is 441 g/mol. The van der Waals surface area contributed by atoms with Crippen molar-refractivity contribution in [1.29, 1.82) is 0 Å². The van der Waals surface area contributed by atoms with E-state index in [1.54, 1.807) is 7.11 Å². The highest BCUT2D eigenvalue weighted by molar-refractivity contribution is 14.0. The molecule has 3 N–H and O–H groups in total. The van der Waals surface area contributed by atoms with E-state index in [1.807, 2.05) is 39.0 Å². The average molecular weight is 442 g/mol. The Kier molecular flexibility index (Phi) is 7.73. The summed E-state index contributed by atoms with van der Waals surface area (Å²) >= 11 is 3.44. The number of rotatable bonds is 3. The Morgan fingerprint density at radius 3 is 2.53 bits per heavy atom. The van der Waals surface area contributed by atoms with E-state index in [0.717, 1.165) is 15.8 Å². The Bertz CT molecular complexity index is 444. The minimum atomic E-state index is -0.0753. The first-order valence-electron chi connectivity index (χ1n) is 5.72. The van der Waals surface area contributed by atoms with Gasteiger partial charge in [-0.3, -0.25) is 0 Å². The SMILES string of the molecule is COc1ccc(CN=C(N)NC(C)(C)C)cc1Br.I. The molecule has 1 rings (SSSR count). The fourth-order valence-corrected chi connectivity index (χ4v) is 2.00. The molecule has 0 heterocycles. The van der Waals surface area contributed by atoms with Crippen LogP contribution in [-0.4, -0.2) is 18.6 Å². The molecule has 4 nitrogen and oxygen atoms in total. The molecule has 0 aliphatic carbocycles. The largest absolute Gasteiger partial charge is 0.496 e. The van der Waals surface area contributed by atoms with Gasteiger partial charge in [0, 0.05) is 5.54 Å². The highest BCUT2D eigenvalue weighted by Crippen LogP contribution is 2.25. The van der Waals surface area contributed by atoms with Gasteiger partial charge in [-0.1, -0.05) is 6.07 Å². The van der Waals surface area contributed by atoms with Gasteiger partial charge in [-0.05, 0) is 54.4 Å². The Morgan fingerprint density at radius 2 is 2.05 bits per heavy atom. The van der Waals surface area contributed by atoms with Crippen LogP contribution in [0.25, 0.3) is 0 Å². The third-order valence-electron chi connectivity index (χ3n) is 2.15. The molecule has 0 spiro atoms. The molecule has 0 unspecified atom stereocenters. The molecular weight excluding hydrogens is 421 g/mol. The summed E-state index contributed by atoms with van der Waals surface area (Å²) in [6, 6.07) is 5.85. The number of hydrogen-bond acceptors (Lipinski definition) is 2. The second-order valence-electron chi connectivity index (χ2n) is 5.05. The molecule has 0 bridgehead atoms. The van der Waals surface area contributed by atoms with Crippen LogP contribution >= 0.6 is 39.9 Å². The molecule has 1 aromatic rings. The topological polar surface area (TPSA) is 59.6 Å². The summed E-state index contributed by atoms with van der Waals surface area (Å²) in [6.07, 6.45) is 0. The van der Waals surface area contributed by atoms with Gasteiger partial charge < -0.3 is 15.8 Å². The lowest BCUT2D eigenvalue weighted by Crippen LogP contribution is -2.44. The van der Waals surface area contributed by atoms with Crippen LogP contribution in [-0.2, 0) is 6.54 Å². The molecule has 0 amide bonds. The van der Waals surface area contributed by atoms with E-state index in [1.165, 1.54) is 0 Å². The third kappa shape index (κ3) is 7.00. The molecule has 0 aliphatic rings. The fourth-order valence-electron chi connectivity index (χ4n) is 1.41. The molecule has 0 aromatic heterocycles. The van der Waals surface area contributed by atoms with Crippen molar-refractivity contribution in [2.45, 2.75) is 32.9 Å². The summed E-state index contributed by atoms with van der Waals surface area (Å²) in [5, 5.41) is 3.12. The van der Waals surface area contributed by atoms with E-state index in [2.05, 4.69) is 26.2 Å². The first-order chi connectivity index (χ1) is 8.31. The molecular formula is C13H21BrIN3O. The first kappa shape index (κ1) is 18.5. The van der Waals surface area contributed by atoms with Gasteiger partial charge in [0.2, 0.25) is 0 Å². The number of nitrogens with zero attached hydrogens (tertiary/aromatic N) is 1. The summed E-state index contributed by atoms with van der Waals surface area (Å²) < 4.78 is 6.09. The number of aliphatic imine (C=N–C) groups is 1. The number of hydrogen-bond donors (Lipinski definition) is 2. The molecule has 0 saturated heterocycles.